The summed E-state index contributed by atoms with van der Waals surface area (Å²) in [6.45, 7) is 1.81. The van der Waals surface area contributed by atoms with E-state index in [1.165, 1.54) is 0 Å². The molecule has 0 heterocycles. The van der Waals surface area contributed by atoms with Gasteiger partial charge in [-0.15, -0.1) is 0 Å². The number of carbonyl (C=O) groups is 1. The van der Waals surface area contributed by atoms with Crippen molar-refractivity contribution in [3.05, 3.63) is 0 Å². The lowest BCUT2D eigenvalue weighted by atomic mass is 10.1. The molecule has 0 saturated heterocycles. The number of hydrogen-bond acceptors (Lipinski definition) is 3. The highest BCUT2D eigenvalue weighted by atomic mass is 16.4. The Morgan fingerprint density at radius 1 is 1.60 bits per heavy atom. The first-order valence-corrected chi connectivity index (χ1v) is 3.25. The maximum absolute atomic E-state index is 10.1. The maximum atomic E-state index is 10.1. The fourth-order valence-corrected chi connectivity index (χ4v) is 0.785. The summed E-state index contributed by atoms with van der Waals surface area (Å²) in [5, 5.41) is 8.28. The Morgan fingerprint density at radius 2 is 2.10 bits per heavy atom. The second kappa shape index (κ2) is 4.24. The lowest BCUT2D eigenvalue weighted by Crippen LogP contribution is -2.31. The zero-order valence-electron chi connectivity index (χ0n) is 6.08. The molecule has 0 fully saturated rings. The summed E-state index contributed by atoms with van der Waals surface area (Å²) in [7, 11) is 0. The molecule has 4 heteroatoms. The average Bonchev–Trinajstić information content (AvgIpc) is 1.58. The summed E-state index contributed by atoms with van der Waals surface area (Å²) < 4.78 is 0. The average molecular weight is 146 g/mol. The third kappa shape index (κ3) is 5.53. The Bertz CT molecular complexity index is 114. The number of rotatable bonds is 4. The predicted molar refractivity (Wildman–Crippen MR) is 38.5 cm³/mol. The maximum Gasteiger partial charge on any atom is 0.304 e. The molecular weight excluding hydrogens is 132 g/mol. The second-order valence-corrected chi connectivity index (χ2v) is 2.57. The summed E-state index contributed by atoms with van der Waals surface area (Å²) >= 11 is 0. The van der Waals surface area contributed by atoms with E-state index in [1.807, 2.05) is 6.92 Å². The van der Waals surface area contributed by atoms with E-state index < -0.39 is 5.97 Å². The van der Waals surface area contributed by atoms with Gasteiger partial charge < -0.3 is 16.6 Å². The minimum atomic E-state index is -0.867. The van der Waals surface area contributed by atoms with Crippen molar-refractivity contribution in [3.63, 3.8) is 0 Å². The van der Waals surface area contributed by atoms with Crippen molar-refractivity contribution in [3.8, 4) is 0 Å². The molecule has 0 spiro atoms. The summed E-state index contributed by atoms with van der Waals surface area (Å²) in [6, 6.07) is -0.327. The Labute approximate surface area is 60.2 Å². The van der Waals surface area contributed by atoms with E-state index in [0.717, 1.165) is 0 Å². The van der Waals surface area contributed by atoms with Crippen LogP contribution in [0.4, 0.5) is 0 Å². The van der Waals surface area contributed by atoms with Gasteiger partial charge in [-0.1, -0.05) is 0 Å². The van der Waals surface area contributed by atoms with Crippen molar-refractivity contribution in [1.82, 2.24) is 0 Å². The van der Waals surface area contributed by atoms with Crippen LogP contribution in [0.15, 0.2) is 0 Å². The van der Waals surface area contributed by atoms with Crippen LogP contribution >= 0.6 is 0 Å². The molecule has 0 rings (SSSR count). The van der Waals surface area contributed by atoms with Crippen molar-refractivity contribution in [2.24, 2.45) is 11.5 Å². The smallest absolute Gasteiger partial charge is 0.304 e. The molecule has 60 valence electrons. The molecule has 0 aliphatic rings. The minimum absolute atomic E-state index is 0.00153. The molecule has 10 heavy (non-hydrogen) atoms. The topological polar surface area (TPSA) is 89.3 Å². The van der Waals surface area contributed by atoms with Gasteiger partial charge in [0.25, 0.3) is 0 Å². The van der Waals surface area contributed by atoms with Gasteiger partial charge in [0.1, 0.15) is 0 Å². The van der Waals surface area contributed by atoms with E-state index in [9.17, 15) is 4.79 Å². The first kappa shape index (κ1) is 9.39. The molecule has 0 radical (unpaired) electrons. The first-order chi connectivity index (χ1) is 4.52. The third-order valence-corrected chi connectivity index (χ3v) is 1.11. The van der Waals surface area contributed by atoms with Gasteiger partial charge in [0.05, 0.1) is 6.42 Å². The molecule has 0 aromatic carbocycles. The van der Waals surface area contributed by atoms with E-state index in [2.05, 4.69) is 0 Å². The van der Waals surface area contributed by atoms with Gasteiger partial charge in [-0.25, -0.2) is 0 Å². The highest BCUT2D eigenvalue weighted by molar-refractivity contribution is 5.67. The quantitative estimate of drug-likeness (QED) is 0.500. The molecule has 4 nitrogen and oxygen atoms in total. The van der Waals surface area contributed by atoms with Crippen molar-refractivity contribution < 1.29 is 9.90 Å². The molecule has 2 atom stereocenters. The van der Waals surface area contributed by atoms with E-state index in [-0.39, 0.29) is 18.5 Å². The zero-order chi connectivity index (χ0) is 8.15. The standard InChI is InChI=1S/C6H14N2O2/c1-4(7)2-5(8)3-6(9)10/h4-5H,2-3,7-8H2,1H3,(H,9,10)/t4-,5+/m1/s1. The van der Waals surface area contributed by atoms with Crippen LogP contribution in [0.2, 0.25) is 0 Å². The van der Waals surface area contributed by atoms with Crippen LogP contribution in [-0.4, -0.2) is 23.2 Å². The van der Waals surface area contributed by atoms with Gasteiger partial charge in [-0.3, -0.25) is 4.79 Å². The summed E-state index contributed by atoms with van der Waals surface area (Å²) in [5.41, 5.74) is 10.8. The number of carboxylic acids is 1. The van der Waals surface area contributed by atoms with Gasteiger partial charge in [-0.05, 0) is 13.3 Å². The summed E-state index contributed by atoms with van der Waals surface area (Å²) in [4.78, 5) is 10.1. The molecule has 0 amide bonds. The molecule has 0 unspecified atom stereocenters. The fourth-order valence-electron chi connectivity index (χ4n) is 0.785. The van der Waals surface area contributed by atoms with Crippen molar-refractivity contribution in [2.75, 3.05) is 0 Å². The summed E-state index contributed by atoms with van der Waals surface area (Å²) in [5.74, 6) is -0.867. The number of nitrogens with two attached hydrogens (primary N) is 2. The molecule has 0 bridgehead atoms. The van der Waals surface area contributed by atoms with Gasteiger partial charge >= 0.3 is 5.97 Å². The van der Waals surface area contributed by atoms with Crippen molar-refractivity contribution >= 4 is 5.97 Å². The Hall–Kier alpha value is -0.610. The fraction of sp³-hybridized carbons (Fsp3) is 0.833. The van der Waals surface area contributed by atoms with Crippen molar-refractivity contribution in [2.45, 2.75) is 31.8 Å². The second-order valence-electron chi connectivity index (χ2n) is 2.57. The molecule has 0 aliphatic carbocycles. The van der Waals surface area contributed by atoms with Crippen LogP contribution < -0.4 is 11.5 Å². The molecule has 0 aromatic rings. The zero-order valence-corrected chi connectivity index (χ0v) is 6.08. The number of hydrogen-bond donors (Lipinski definition) is 3. The number of aliphatic carboxylic acids is 1. The lowest BCUT2D eigenvalue weighted by Gasteiger charge is -2.10. The minimum Gasteiger partial charge on any atom is -0.481 e. The Morgan fingerprint density at radius 3 is 2.40 bits per heavy atom. The number of carboxylic acid groups (broad SMARTS) is 1. The Kier molecular flexibility index (Phi) is 3.99. The predicted octanol–water partition coefficient (Wildman–Crippen LogP) is -0.474. The third-order valence-electron chi connectivity index (χ3n) is 1.11. The van der Waals surface area contributed by atoms with Gasteiger partial charge in [0, 0.05) is 12.1 Å². The van der Waals surface area contributed by atoms with Gasteiger partial charge in [0.2, 0.25) is 0 Å². The SMILES string of the molecule is C[C@@H](N)C[C@H](N)CC(=O)O. The normalized spacial score (nSPS) is 16.3. The molecule has 0 aliphatic heterocycles. The van der Waals surface area contributed by atoms with Crippen LogP contribution in [0.1, 0.15) is 19.8 Å². The van der Waals surface area contributed by atoms with Crippen LogP contribution in [0.5, 0.6) is 0 Å². The van der Waals surface area contributed by atoms with E-state index in [0.29, 0.717) is 6.42 Å². The molecule has 5 N–H and O–H groups in total. The first-order valence-electron chi connectivity index (χ1n) is 3.25. The molecular formula is C6H14N2O2. The van der Waals surface area contributed by atoms with Crippen LogP contribution in [-0.2, 0) is 4.79 Å². The van der Waals surface area contributed by atoms with E-state index in [4.69, 9.17) is 16.6 Å². The molecule has 0 saturated carbocycles. The molecule has 0 aromatic heterocycles. The van der Waals surface area contributed by atoms with E-state index in [1.54, 1.807) is 0 Å². The van der Waals surface area contributed by atoms with E-state index >= 15 is 0 Å². The van der Waals surface area contributed by atoms with Crippen LogP contribution in [0.3, 0.4) is 0 Å². The lowest BCUT2D eigenvalue weighted by molar-refractivity contribution is -0.137. The highest BCUT2D eigenvalue weighted by Crippen LogP contribution is 1.96. The van der Waals surface area contributed by atoms with Crippen LogP contribution in [0.25, 0.3) is 0 Å². The largest absolute Gasteiger partial charge is 0.481 e. The highest BCUT2D eigenvalue weighted by Gasteiger charge is 2.09. The Balaban J connectivity index is 3.43. The van der Waals surface area contributed by atoms with Crippen molar-refractivity contribution in [1.29, 1.82) is 0 Å². The van der Waals surface area contributed by atoms with Crippen LogP contribution in [0, 0.1) is 0 Å². The van der Waals surface area contributed by atoms with Gasteiger partial charge in [0.15, 0.2) is 0 Å². The van der Waals surface area contributed by atoms with Gasteiger partial charge in [-0.2, -0.15) is 0 Å². The summed E-state index contributed by atoms with van der Waals surface area (Å²) in [6.07, 6.45) is 0.563. The monoisotopic (exact) mass is 146 g/mol.